The quantitative estimate of drug-likeness (QED) is 0.0228. The van der Waals surface area contributed by atoms with E-state index in [-0.39, 0.29) is 25.9 Å². The van der Waals surface area contributed by atoms with Gasteiger partial charge in [-0.05, 0) is 70.6 Å². The Bertz CT molecular complexity index is 1650. The third-order valence-electron chi connectivity index (χ3n) is 14.3. The number of unbranched alkanes of at least 4 members (excludes halogenated alkanes) is 29. The number of aliphatic carboxylic acids is 1. The lowest BCUT2D eigenvalue weighted by Gasteiger charge is -2.40. The van der Waals surface area contributed by atoms with Crippen LogP contribution in [0.5, 0.6) is 0 Å². The lowest BCUT2D eigenvalue weighted by molar-refractivity contribution is -0.301. The second-order valence-corrected chi connectivity index (χ2v) is 21.7. The number of carbonyl (C=O) groups is 4. The summed E-state index contributed by atoms with van der Waals surface area (Å²) < 4.78 is 28.4. The third kappa shape index (κ3) is 44.5. The monoisotopic (exact) mass is 1110 g/mol. The number of aliphatic hydroxyl groups is 2. The summed E-state index contributed by atoms with van der Waals surface area (Å²) in [5.41, 5.74) is 0. The van der Waals surface area contributed by atoms with Crippen LogP contribution in [0.25, 0.3) is 0 Å². The molecule has 1 fully saturated rings. The van der Waals surface area contributed by atoms with Gasteiger partial charge in [0.2, 0.25) is 0 Å². The van der Waals surface area contributed by atoms with Crippen molar-refractivity contribution < 1.29 is 58.2 Å². The first-order valence-corrected chi connectivity index (χ1v) is 31.9. The number of hydrogen-bond acceptors (Lipinski definition) is 11. The van der Waals surface area contributed by atoms with Crippen LogP contribution in [-0.4, -0.2) is 89.2 Å². The van der Waals surface area contributed by atoms with Gasteiger partial charge in [-0.2, -0.15) is 0 Å². The maximum atomic E-state index is 13.1. The van der Waals surface area contributed by atoms with Gasteiger partial charge in [-0.3, -0.25) is 14.4 Å². The first-order valence-electron chi connectivity index (χ1n) is 31.9. The second kappa shape index (κ2) is 54.7. The number of rotatable bonds is 54. The molecule has 1 aliphatic rings. The Morgan fingerprint density at radius 2 is 0.835 bits per heavy atom. The molecule has 454 valence electrons. The van der Waals surface area contributed by atoms with Gasteiger partial charge in [-0.1, -0.05) is 261 Å². The molecule has 0 aliphatic carbocycles. The predicted molar refractivity (Wildman–Crippen MR) is 322 cm³/mol. The Morgan fingerprint density at radius 1 is 0.443 bits per heavy atom. The lowest BCUT2D eigenvalue weighted by Crippen LogP contribution is -2.61. The number of allylic oxidation sites excluding steroid dienone is 11. The minimum absolute atomic E-state index is 0.0449. The molecule has 0 aromatic rings. The molecule has 1 heterocycles. The van der Waals surface area contributed by atoms with Crippen LogP contribution < -0.4 is 0 Å². The number of hydrogen-bond donors (Lipinski definition) is 3. The van der Waals surface area contributed by atoms with Gasteiger partial charge in [-0.25, -0.2) is 4.79 Å². The van der Waals surface area contributed by atoms with E-state index in [9.17, 15) is 34.5 Å². The first-order chi connectivity index (χ1) is 38.6. The molecule has 0 aromatic heterocycles. The highest BCUT2D eigenvalue weighted by molar-refractivity contribution is 5.74. The molecule has 12 nitrogen and oxygen atoms in total. The fourth-order valence-electron chi connectivity index (χ4n) is 9.44. The van der Waals surface area contributed by atoms with Gasteiger partial charge in [0.1, 0.15) is 18.8 Å². The van der Waals surface area contributed by atoms with E-state index in [4.69, 9.17) is 23.7 Å². The Balaban J connectivity index is 2.70. The molecule has 6 atom stereocenters. The fraction of sp³-hybridized carbons (Fsp3) is 0.761. The number of carboxylic acids is 1. The summed E-state index contributed by atoms with van der Waals surface area (Å²) in [6, 6.07) is 0. The molecule has 0 spiro atoms. The summed E-state index contributed by atoms with van der Waals surface area (Å²) in [7, 11) is 0. The van der Waals surface area contributed by atoms with Gasteiger partial charge in [0.15, 0.2) is 24.6 Å². The molecule has 0 aromatic carbocycles. The van der Waals surface area contributed by atoms with Crippen molar-refractivity contribution >= 4 is 23.9 Å². The SMILES string of the molecule is CC/C=C\C/C=C\C/C=C\C/C=C\C/C=C\CC(=O)OC(COC(=O)CCCCCCCCCCCCCCCCCCC)COC1OC(C(=O)O)C(O)C(O)C1OC(=O)CCCCCCCCC/C=C\CCCCCCCC. The average Bonchev–Trinajstić information content (AvgIpc) is 3.46. The molecule has 12 heteroatoms. The van der Waals surface area contributed by atoms with Crippen molar-refractivity contribution in [2.45, 2.75) is 314 Å². The van der Waals surface area contributed by atoms with Crippen LogP contribution in [0.2, 0.25) is 0 Å². The number of aliphatic hydroxyl groups excluding tert-OH is 2. The molecule has 0 amide bonds. The molecule has 6 unspecified atom stereocenters. The van der Waals surface area contributed by atoms with Crippen LogP contribution in [0.15, 0.2) is 72.9 Å². The summed E-state index contributed by atoms with van der Waals surface area (Å²) in [6.07, 6.45) is 57.5. The highest BCUT2D eigenvalue weighted by Crippen LogP contribution is 2.26. The van der Waals surface area contributed by atoms with Crippen LogP contribution in [0.1, 0.15) is 278 Å². The van der Waals surface area contributed by atoms with Crippen LogP contribution in [0.3, 0.4) is 0 Å². The number of ether oxygens (including phenoxy) is 5. The van der Waals surface area contributed by atoms with E-state index < -0.39 is 67.3 Å². The minimum Gasteiger partial charge on any atom is -0.479 e. The minimum atomic E-state index is -1.92. The number of esters is 3. The van der Waals surface area contributed by atoms with Crippen molar-refractivity contribution in [1.29, 1.82) is 0 Å². The molecule has 3 N–H and O–H groups in total. The van der Waals surface area contributed by atoms with Gasteiger partial charge < -0.3 is 39.0 Å². The third-order valence-corrected chi connectivity index (χ3v) is 14.3. The van der Waals surface area contributed by atoms with E-state index in [1.807, 2.05) is 12.2 Å². The van der Waals surface area contributed by atoms with Gasteiger partial charge in [0.05, 0.1) is 13.0 Å². The van der Waals surface area contributed by atoms with E-state index in [0.29, 0.717) is 19.3 Å². The predicted octanol–water partition coefficient (Wildman–Crippen LogP) is 16.9. The van der Waals surface area contributed by atoms with Crippen LogP contribution in [0, 0.1) is 0 Å². The zero-order valence-electron chi connectivity index (χ0n) is 50.1. The normalized spacial score (nSPS) is 18.3. The zero-order chi connectivity index (χ0) is 57.5. The van der Waals surface area contributed by atoms with E-state index >= 15 is 0 Å². The maximum Gasteiger partial charge on any atom is 0.335 e. The van der Waals surface area contributed by atoms with Crippen molar-refractivity contribution in [1.82, 2.24) is 0 Å². The molecular weight excluding hydrogens is 997 g/mol. The van der Waals surface area contributed by atoms with Crippen LogP contribution >= 0.6 is 0 Å². The summed E-state index contributed by atoms with van der Waals surface area (Å²) in [6.45, 7) is 5.82. The Morgan fingerprint density at radius 3 is 1.27 bits per heavy atom. The maximum absolute atomic E-state index is 13.1. The average molecular weight is 1110 g/mol. The van der Waals surface area contributed by atoms with Gasteiger partial charge in [0, 0.05) is 12.8 Å². The Hall–Kier alpha value is -3.84. The zero-order valence-corrected chi connectivity index (χ0v) is 50.1. The highest BCUT2D eigenvalue weighted by Gasteiger charge is 2.50. The van der Waals surface area contributed by atoms with Crippen molar-refractivity contribution in [2.24, 2.45) is 0 Å². The highest BCUT2D eigenvalue weighted by atomic mass is 16.7. The van der Waals surface area contributed by atoms with E-state index in [2.05, 4.69) is 75.5 Å². The smallest absolute Gasteiger partial charge is 0.335 e. The summed E-state index contributed by atoms with van der Waals surface area (Å²) in [4.78, 5) is 51.2. The molecule has 0 radical (unpaired) electrons. The topological polar surface area (TPSA) is 175 Å². The number of carbonyl (C=O) groups excluding carboxylic acids is 3. The van der Waals surface area contributed by atoms with E-state index in [1.165, 1.54) is 135 Å². The first kappa shape index (κ1) is 73.2. The second-order valence-electron chi connectivity index (χ2n) is 21.7. The Kier molecular flexibility index (Phi) is 50.7. The lowest BCUT2D eigenvalue weighted by atomic mass is 9.98. The van der Waals surface area contributed by atoms with E-state index in [1.54, 1.807) is 6.08 Å². The summed E-state index contributed by atoms with van der Waals surface area (Å²) in [5.74, 6) is -3.28. The van der Waals surface area contributed by atoms with Gasteiger partial charge in [-0.15, -0.1) is 0 Å². The Labute approximate surface area is 480 Å². The van der Waals surface area contributed by atoms with Gasteiger partial charge in [0.25, 0.3) is 0 Å². The van der Waals surface area contributed by atoms with E-state index in [0.717, 1.165) is 83.5 Å². The molecule has 0 saturated carbocycles. The van der Waals surface area contributed by atoms with Crippen molar-refractivity contribution in [3.05, 3.63) is 72.9 Å². The van der Waals surface area contributed by atoms with Crippen LogP contribution in [0.4, 0.5) is 0 Å². The van der Waals surface area contributed by atoms with Gasteiger partial charge >= 0.3 is 23.9 Å². The number of carboxylic acid groups (broad SMARTS) is 1. The molecule has 79 heavy (non-hydrogen) atoms. The van der Waals surface area contributed by atoms with Crippen molar-refractivity contribution in [3.8, 4) is 0 Å². The summed E-state index contributed by atoms with van der Waals surface area (Å²) >= 11 is 0. The summed E-state index contributed by atoms with van der Waals surface area (Å²) in [5, 5.41) is 31.5. The molecule has 1 aliphatic heterocycles. The van der Waals surface area contributed by atoms with Crippen molar-refractivity contribution in [3.63, 3.8) is 0 Å². The van der Waals surface area contributed by atoms with Crippen LogP contribution in [-0.2, 0) is 42.9 Å². The fourth-order valence-corrected chi connectivity index (χ4v) is 9.44. The molecule has 1 saturated heterocycles. The van der Waals surface area contributed by atoms with Crippen molar-refractivity contribution in [2.75, 3.05) is 13.2 Å². The molecule has 1 rings (SSSR count). The molecule has 0 bridgehead atoms. The molecular formula is C67H114O12. The largest absolute Gasteiger partial charge is 0.479 e. The standard InChI is InChI=1S/C67H114O12/c1-4-7-10-13-16-19-22-25-28-30-33-35-38-41-44-47-50-53-59(68)75-56-58(77-60(69)54-51-48-45-42-39-36-32-27-24-21-18-15-12-9-6-3)57-76-67-65(63(72)62(71)64(79-67)66(73)74)78-61(70)55-52-49-46-43-40-37-34-31-29-26-23-20-17-14-11-8-5-2/h9,12,18,21,26-27,29,32,39,42,48,51,58,62-65,67,71-72H,4-8,10-11,13-17,19-20,22-25,28,30-31,33-38,40-41,43-47,49-50,52-57H2,1-3H3,(H,73,74)/b12-9-,21-18-,29-26-,32-27-,42-39-,51-48-.